The smallest absolute Gasteiger partial charge is 0.407 e. The second-order valence-electron chi connectivity index (χ2n) is 34.5. The second-order valence-corrected chi connectivity index (χ2v) is 41.0. The van der Waals surface area contributed by atoms with E-state index in [2.05, 4.69) is 151 Å². The first-order chi connectivity index (χ1) is 49.1. The van der Waals surface area contributed by atoms with Crippen LogP contribution in [0.4, 0.5) is 9.59 Å². The largest absolute Gasteiger partial charge is 0.446 e. The molecule has 6 aromatic rings. The average molecular weight is 1490 g/mol. The molecule has 16 atom stereocenters. The predicted octanol–water partition coefficient (Wildman–Crippen LogP) is 24.1. The zero-order valence-electron chi connectivity index (χ0n) is 62.4. The second kappa shape index (κ2) is 31.2. The van der Waals surface area contributed by atoms with Gasteiger partial charge >= 0.3 is 12.2 Å². The molecule has 6 saturated carbocycles. The van der Waals surface area contributed by atoms with Crippen LogP contribution in [0.3, 0.4) is 0 Å². The Morgan fingerprint density at radius 2 is 0.735 bits per heavy atom. The van der Waals surface area contributed by atoms with E-state index < -0.39 is 12.2 Å². The molecule has 0 saturated heterocycles. The molecule has 14 rings (SSSR count). The monoisotopic (exact) mass is 1490 g/mol. The van der Waals surface area contributed by atoms with E-state index in [9.17, 15) is 19.2 Å². The Bertz CT molecular complexity index is 3750. The van der Waals surface area contributed by atoms with Crippen molar-refractivity contribution in [2.45, 2.75) is 223 Å². The highest BCUT2D eigenvalue weighted by molar-refractivity contribution is 7.30. The van der Waals surface area contributed by atoms with E-state index in [-0.39, 0.29) is 34.9 Å². The van der Waals surface area contributed by atoms with Crippen molar-refractivity contribution in [1.29, 1.82) is 0 Å². The maximum atomic E-state index is 13.4. The summed E-state index contributed by atoms with van der Waals surface area (Å²) in [5, 5.41) is 11.9. The van der Waals surface area contributed by atoms with Crippen LogP contribution in [0.1, 0.15) is 230 Å². The number of hydrogen-bond acceptors (Lipinski definition) is 12. The lowest BCUT2D eigenvalue weighted by molar-refractivity contribution is -0.0581. The number of rotatable bonds is 25. The van der Waals surface area contributed by atoms with Gasteiger partial charge in [0.15, 0.2) is 0 Å². The molecule has 8 aliphatic carbocycles. The third kappa shape index (κ3) is 15.3. The maximum absolute atomic E-state index is 13.4. The van der Waals surface area contributed by atoms with Gasteiger partial charge in [-0.2, -0.15) is 0 Å². The third-order valence-electron chi connectivity index (χ3n) is 27.7. The van der Waals surface area contributed by atoms with Crippen LogP contribution in [-0.2, 0) is 9.47 Å². The van der Waals surface area contributed by atoms with Crippen LogP contribution in [-0.4, -0.2) is 62.4 Å². The molecule has 6 fully saturated rings. The van der Waals surface area contributed by atoms with Gasteiger partial charge in [-0.25, -0.2) is 9.59 Å². The van der Waals surface area contributed by atoms with E-state index in [1.54, 1.807) is 45.3 Å². The molecule has 0 radical (unpaired) electrons. The van der Waals surface area contributed by atoms with Crippen LogP contribution in [0.15, 0.2) is 96.1 Å². The summed E-state index contributed by atoms with van der Waals surface area (Å²) in [6, 6.07) is 25.3. The Labute approximate surface area is 633 Å². The Kier molecular flexibility index (Phi) is 22.6. The fraction of sp³-hybridized carbons (Fsp3) is 0.628. The van der Waals surface area contributed by atoms with Crippen LogP contribution >= 0.6 is 68.0 Å². The van der Waals surface area contributed by atoms with Crippen molar-refractivity contribution in [3.63, 3.8) is 0 Å². The number of amides is 4. The van der Waals surface area contributed by atoms with Crippen LogP contribution in [0, 0.1) is 92.7 Å². The number of fused-ring (bicyclic) bond motifs is 10. The van der Waals surface area contributed by atoms with Crippen molar-refractivity contribution < 1.29 is 28.7 Å². The van der Waals surface area contributed by atoms with Crippen LogP contribution < -0.4 is 21.3 Å². The summed E-state index contributed by atoms with van der Waals surface area (Å²) < 4.78 is 12.1. The summed E-state index contributed by atoms with van der Waals surface area (Å²) in [4.78, 5) is 65.9. The van der Waals surface area contributed by atoms with Gasteiger partial charge in [0.2, 0.25) is 0 Å². The van der Waals surface area contributed by atoms with E-state index in [1.165, 1.54) is 166 Å². The van der Waals surface area contributed by atoms with Gasteiger partial charge in [-0.1, -0.05) is 131 Å². The molecule has 4 N–H and O–H groups in total. The number of allylic oxidation sites excluding steroid dienone is 2. The van der Waals surface area contributed by atoms with Gasteiger partial charge in [-0.15, -0.1) is 68.0 Å². The van der Waals surface area contributed by atoms with Crippen molar-refractivity contribution in [3.8, 4) is 48.8 Å². The Hall–Kier alpha value is -4.84. The molecule has 6 heterocycles. The molecular formula is C86H114N4O6S6. The lowest BCUT2D eigenvalue weighted by Crippen LogP contribution is -2.51. The molecule has 0 spiro atoms. The minimum Gasteiger partial charge on any atom is -0.446 e. The highest BCUT2D eigenvalue weighted by Gasteiger charge is 2.61. The van der Waals surface area contributed by atoms with Crippen molar-refractivity contribution in [2.24, 2.45) is 92.7 Å². The summed E-state index contributed by atoms with van der Waals surface area (Å²) in [5.74, 6) is 9.37. The first kappa shape index (κ1) is 74.0. The molecule has 8 aliphatic rings. The van der Waals surface area contributed by atoms with Crippen molar-refractivity contribution in [2.75, 3.05) is 26.2 Å². The minimum atomic E-state index is -0.397. The zero-order chi connectivity index (χ0) is 71.2. The number of nitrogens with one attached hydrogen (secondary N) is 4. The SMILES string of the molecule is CC(C)CCC[C@@H](C)[C@H]1CC[C@H]2[C@@H]3CC=C4C[C@@H](OC(=O)NCCNC(=O)c5ccc(-c6ccc(-c7ccc(-c8ccc(-c9ccc(-c%10ccc(C(=O)NCCNC(=O)O[C@H]%11CC[C@@]%12(C)C(=CC[C@H]%13[C@@H]%14CC[C@H]([C@H](C)CCCC(C)C)[C@@]%14(C)CC[C@@H]%13%12)C%11)s%10)s9)s8)s7)s6)s5)CC[C@]4(C)[C@H]3CC[C@]12C. The standard InChI is InChI=1S/C86H114N4O6S6/c1-51(2)13-11-15-53(5)61-21-23-63-59-19-17-55-49-57(37-41-83(55,7)65(59)39-43-85(61,63)9)95-81(93)89-47-45-87-79(91)77-35-33-75(101-77)73-31-29-71(99-73)69-27-25-67(97-69)68-26-28-70(98-68)72-30-32-74(100-72)76-34-36-78(102-76)80(92)88-46-48-90-82(94)96-58-38-42-84(8)56(50-58)18-20-60-64-24-22-62(54(6)16-12-14-52(3)4)86(64,10)44-40-66(60)84/h17-18,25-36,51-54,57-66H,11-16,19-24,37-50H2,1-10H3,(H,87,91)(H,88,92)(H,89,93)(H,90,94)/t53-,54-,57+,58+,59+,60+,61-,62-,63+,64+,65+,66+,83+,84+,85-,86-/m1/s1. The first-order valence-corrected chi connectivity index (χ1v) is 44.4. The number of carbonyl (C=O) groups is 4. The predicted molar refractivity (Wildman–Crippen MR) is 428 cm³/mol. The van der Waals surface area contributed by atoms with Crippen molar-refractivity contribution in [1.82, 2.24) is 21.3 Å². The summed E-state index contributed by atoms with van der Waals surface area (Å²) in [6.07, 6.45) is 31.4. The number of hydrogen-bond donors (Lipinski definition) is 4. The quantitative estimate of drug-likeness (QED) is 0.0333. The lowest BCUT2D eigenvalue weighted by atomic mass is 9.47. The molecular weight excluding hydrogens is 1380 g/mol. The molecule has 16 heteroatoms. The van der Waals surface area contributed by atoms with Gasteiger partial charge in [-0.05, 0) is 255 Å². The van der Waals surface area contributed by atoms with Gasteiger partial charge < -0.3 is 30.7 Å². The zero-order valence-corrected chi connectivity index (χ0v) is 67.3. The van der Waals surface area contributed by atoms with E-state index in [0.29, 0.717) is 46.8 Å². The van der Waals surface area contributed by atoms with E-state index in [4.69, 9.17) is 9.47 Å². The molecule has 6 aromatic heterocycles. The molecule has 10 nitrogen and oxygen atoms in total. The van der Waals surface area contributed by atoms with Crippen LogP contribution in [0.2, 0.25) is 0 Å². The highest BCUT2D eigenvalue weighted by Crippen LogP contribution is 2.70. The fourth-order valence-electron chi connectivity index (χ4n) is 22.3. The molecule has 102 heavy (non-hydrogen) atoms. The lowest BCUT2D eigenvalue weighted by Gasteiger charge is -2.58. The maximum Gasteiger partial charge on any atom is 0.407 e. The molecule has 0 aliphatic heterocycles. The van der Waals surface area contributed by atoms with E-state index in [1.807, 2.05) is 24.3 Å². The van der Waals surface area contributed by atoms with Gasteiger partial charge in [0, 0.05) is 87.8 Å². The minimum absolute atomic E-state index is 0.111. The average Bonchev–Trinajstić information content (AvgIpc) is 1.37. The van der Waals surface area contributed by atoms with Gasteiger partial charge in [0.05, 0.1) is 9.75 Å². The van der Waals surface area contributed by atoms with E-state index in [0.717, 1.165) is 129 Å². The number of thiophene rings is 6. The number of alkyl carbamates (subject to hydrolysis) is 2. The summed E-state index contributed by atoms with van der Waals surface area (Å²) in [7, 11) is 0. The summed E-state index contributed by atoms with van der Waals surface area (Å²) in [6.45, 7) is 26.2. The summed E-state index contributed by atoms with van der Waals surface area (Å²) in [5.41, 5.74) is 4.42. The fourth-order valence-corrected chi connectivity index (χ4v) is 28.7. The molecule has 4 amide bonds. The Morgan fingerprint density at radius 1 is 0.402 bits per heavy atom. The molecule has 0 unspecified atom stereocenters. The van der Waals surface area contributed by atoms with E-state index >= 15 is 0 Å². The number of ether oxygens (including phenoxy) is 2. The normalized spacial score (nSPS) is 30.7. The highest BCUT2D eigenvalue weighted by atomic mass is 32.1. The van der Waals surface area contributed by atoms with Crippen molar-refractivity contribution in [3.05, 3.63) is 106 Å². The Morgan fingerprint density at radius 3 is 1.09 bits per heavy atom. The first-order valence-electron chi connectivity index (χ1n) is 39.5. The van der Waals surface area contributed by atoms with Crippen LogP contribution in [0.5, 0.6) is 0 Å². The molecule has 550 valence electrons. The third-order valence-corrected chi connectivity index (χ3v) is 35.2. The summed E-state index contributed by atoms with van der Waals surface area (Å²) >= 11 is 10.0. The van der Waals surface area contributed by atoms with Crippen LogP contribution in [0.25, 0.3) is 48.8 Å². The number of carbonyl (C=O) groups excluding carboxylic acids is 4. The molecule has 0 bridgehead atoms. The van der Waals surface area contributed by atoms with Gasteiger partial charge in [-0.3, -0.25) is 9.59 Å². The Balaban J connectivity index is 0.487. The van der Waals surface area contributed by atoms with Gasteiger partial charge in [0.1, 0.15) is 12.2 Å². The van der Waals surface area contributed by atoms with Crippen molar-refractivity contribution >= 4 is 92.0 Å². The molecule has 0 aromatic carbocycles. The van der Waals surface area contributed by atoms with Gasteiger partial charge in [0.25, 0.3) is 11.8 Å². The topological polar surface area (TPSA) is 135 Å².